The van der Waals surface area contributed by atoms with Gasteiger partial charge in [0.1, 0.15) is 29.4 Å². The van der Waals surface area contributed by atoms with Crippen LogP contribution in [0.4, 0.5) is 10.8 Å². The fourth-order valence-corrected chi connectivity index (χ4v) is 7.26. The number of hydrogen-bond acceptors (Lipinski definition) is 12. The van der Waals surface area contributed by atoms with Crippen molar-refractivity contribution in [2.24, 2.45) is 5.16 Å². The Morgan fingerprint density at radius 1 is 1.10 bits per heavy atom. The van der Waals surface area contributed by atoms with E-state index in [-0.39, 0.29) is 29.0 Å². The van der Waals surface area contributed by atoms with Gasteiger partial charge < -0.3 is 25.5 Å². The summed E-state index contributed by atoms with van der Waals surface area (Å²) in [4.78, 5) is 54.3. The van der Waals surface area contributed by atoms with Crippen molar-refractivity contribution in [1.82, 2.24) is 19.6 Å². The number of benzene rings is 2. The van der Waals surface area contributed by atoms with Crippen molar-refractivity contribution in [2.45, 2.75) is 31.0 Å². The van der Waals surface area contributed by atoms with Crippen LogP contribution in [0.1, 0.15) is 30.0 Å². The number of carbonyl (C=O) groups is 3. The number of β-lactam (4-membered cyclic amide) rings is 1. The molecule has 6 rings (SSSR count). The van der Waals surface area contributed by atoms with Crippen molar-refractivity contribution in [3.8, 4) is 0 Å². The molecule has 2 amide bonds. The van der Waals surface area contributed by atoms with Crippen molar-refractivity contribution in [3.63, 3.8) is 0 Å². The van der Waals surface area contributed by atoms with Gasteiger partial charge in [-0.2, -0.15) is 13.9 Å². The van der Waals surface area contributed by atoms with E-state index in [1.54, 1.807) is 6.92 Å². The van der Waals surface area contributed by atoms with E-state index in [0.717, 1.165) is 28.3 Å². The van der Waals surface area contributed by atoms with E-state index < -0.39 is 35.3 Å². The number of thioether (sulfide) groups is 1. The van der Waals surface area contributed by atoms with E-state index in [1.807, 2.05) is 109 Å². The van der Waals surface area contributed by atoms with Gasteiger partial charge in [-0.25, -0.2) is 4.79 Å². The standard InChI is InChI=1S/C34H34N8O5S2/c1-4-46-38-25(29-37-34(35)49-39-29)30(43)36-26-31(44)42-27(23(20-48-32(26)42)18-41-17-11-16-24(19-41)40(2)3)33(45)47-28(21-12-7-5-8-13-21)22-14-9-6-10-15-22/h5-17,19,26,28,32H,4,18,20H2,1-3H3,(H2-,35,36,37,39,43)/p+1/t26?,32-/m0/s1. The highest BCUT2D eigenvalue weighted by Gasteiger charge is 2.55. The van der Waals surface area contributed by atoms with Gasteiger partial charge in [0.2, 0.25) is 11.5 Å². The summed E-state index contributed by atoms with van der Waals surface area (Å²) in [5, 5.41) is 6.22. The molecular formula is C34H35N8O5S2+. The number of anilines is 2. The number of rotatable bonds is 12. The summed E-state index contributed by atoms with van der Waals surface area (Å²) in [6.07, 6.45) is 3.17. The number of nitrogens with two attached hydrogens (primary N) is 1. The van der Waals surface area contributed by atoms with Crippen LogP contribution in [0, 0.1) is 0 Å². The maximum Gasteiger partial charge on any atom is 0.356 e. The normalized spacial score (nSPS) is 17.3. The van der Waals surface area contributed by atoms with Gasteiger partial charge in [-0.1, -0.05) is 65.8 Å². The van der Waals surface area contributed by atoms with E-state index in [0.29, 0.717) is 17.9 Å². The summed E-state index contributed by atoms with van der Waals surface area (Å²) >= 11 is 2.36. The number of fused-ring (bicyclic) bond motifs is 1. The number of nitrogen functional groups attached to an aromatic ring is 1. The molecule has 2 aliphatic rings. The molecule has 0 saturated carbocycles. The fraction of sp³-hybridized carbons (Fsp3) is 0.265. The molecule has 3 N–H and O–H groups in total. The number of esters is 1. The predicted octanol–water partition coefficient (Wildman–Crippen LogP) is 2.90. The monoisotopic (exact) mass is 699 g/mol. The van der Waals surface area contributed by atoms with Gasteiger partial charge in [-0.3, -0.25) is 14.5 Å². The number of amides is 2. The van der Waals surface area contributed by atoms with Crippen LogP contribution < -0.4 is 20.5 Å². The lowest BCUT2D eigenvalue weighted by Crippen LogP contribution is -2.71. The van der Waals surface area contributed by atoms with Crippen molar-refractivity contribution in [1.29, 1.82) is 0 Å². The van der Waals surface area contributed by atoms with Crippen molar-refractivity contribution >= 4 is 57.6 Å². The molecule has 1 saturated heterocycles. The molecule has 13 nitrogen and oxygen atoms in total. The predicted molar refractivity (Wildman–Crippen MR) is 186 cm³/mol. The Morgan fingerprint density at radius 3 is 2.41 bits per heavy atom. The van der Waals surface area contributed by atoms with Gasteiger partial charge in [0, 0.05) is 43.0 Å². The maximum absolute atomic E-state index is 14.4. The number of aromatic nitrogens is 3. The highest BCUT2D eigenvalue weighted by Crippen LogP contribution is 2.42. The first-order chi connectivity index (χ1) is 23.7. The molecule has 2 aromatic carbocycles. The van der Waals surface area contributed by atoms with E-state index in [9.17, 15) is 14.4 Å². The second-order valence-electron chi connectivity index (χ2n) is 11.4. The Balaban J connectivity index is 1.32. The molecule has 252 valence electrons. The molecular weight excluding hydrogens is 665 g/mol. The van der Waals surface area contributed by atoms with E-state index in [4.69, 9.17) is 15.3 Å². The number of pyridine rings is 1. The molecule has 2 atom stereocenters. The van der Waals surface area contributed by atoms with Gasteiger partial charge in [-0.05, 0) is 24.1 Å². The van der Waals surface area contributed by atoms with Crippen LogP contribution in [0.3, 0.4) is 0 Å². The average Bonchev–Trinajstić information content (AvgIpc) is 3.55. The minimum Gasteiger partial charge on any atom is -0.448 e. The zero-order valence-electron chi connectivity index (χ0n) is 27.1. The van der Waals surface area contributed by atoms with Gasteiger partial charge in [0.25, 0.3) is 11.8 Å². The molecule has 0 radical (unpaired) electrons. The van der Waals surface area contributed by atoms with Crippen LogP contribution in [-0.4, -0.2) is 75.6 Å². The molecule has 2 aliphatic heterocycles. The smallest absolute Gasteiger partial charge is 0.356 e. The number of nitrogens with zero attached hydrogens (tertiary/aromatic N) is 6. The van der Waals surface area contributed by atoms with Gasteiger partial charge in [0.15, 0.2) is 30.2 Å². The summed E-state index contributed by atoms with van der Waals surface area (Å²) in [7, 11) is 3.90. The van der Waals surface area contributed by atoms with E-state index >= 15 is 0 Å². The highest BCUT2D eigenvalue weighted by atomic mass is 32.2. The molecule has 1 unspecified atom stereocenters. The first-order valence-electron chi connectivity index (χ1n) is 15.5. The maximum atomic E-state index is 14.4. The van der Waals surface area contributed by atoms with E-state index in [2.05, 4.69) is 19.8 Å². The lowest BCUT2D eigenvalue weighted by molar-refractivity contribution is -0.688. The molecule has 4 aromatic rings. The van der Waals surface area contributed by atoms with Crippen LogP contribution >= 0.6 is 23.3 Å². The summed E-state index contributed by atoms with van der Waals surface area (Å²) in [5.41, 5.74) is 8.96. The van der Waals surface area contributed by atoms with E-state index in [1.165, 1.54) is 16.7 Å². The summed E-state index contributed by atoms with van der Waals surface area (Å²) in [6, 6.07) is 21.9. The Morgan fingerprint density at radius 2 is 1.80 bits per heavy atom. The molecule has 0 aliphatic carbocycles. The van der Waals surface area contributed by atoms with Crippen LogP contribution in [0.25, 0.3) is 0 Å². The molecule has 2 aromatic heterocycles. The molecule has 15 heteroatoms. The SMILES string of the molecule is CCON=C(C(=O)NC1C(=O)N2C(C(=O)OC(c3ccccc3)c3ccccc3)=C(C[n+]3cccc(N(C)C)c3)CS[C@@H]12)c1nsc(N)n1. The molecule has 0 bridgehead atoms. The quantitative estimate of drug-likeness (QED) is 0.0742. The van der Waals surface area contributed by atoms with Gasteiger partial charge in [0.05, 0.1) is 0 Å². The number of ether oxygens (including phenoxy) is 1. The topological polar surface area (TPSA) is 156 Å². The van der Waals surface area contributed by atoms with Gasteiger partial charge >= 0.3 is 5.97 Å². The zero-order chi connectivity index (χ0) is 34.5. The fourth-order valence-electron chi connectivity index (χ4n) is 5.49. The third kappa shape index (κ3) is 7.27. The molecule has 4 heterocycles. The second kappa shape index (κ2) is 14.9. The average molecular weight is 700 g/mol. The Labute approximate surface area is 291 Å². The Hall–Kier alpha value is -5.28. The lowest BCUT2D eigenvalue weighted by Gasteiger charge is -2.49. The Bertz CT molecular complexity index is 1860. The van der Waals surface area contributed by atoms with Gasteiger partial charge in [-0.15, -0.1) is 11.8 Å². The first-order valence-corrected chi connectivity index (χ1v) is 17.3. The minimum atomic E-state index is -0.951. The molecule has 0 spiro atoms. The third-order valence-electron chi connectivity index (χ3n) is 7.84. The number of oxime groups is 1. The molecule has 1 fully saturated rings. The third-order valence-corrected chi connectivity index (χ3v) is 9.72. The largest absolute Gasteiger partial charge is 0.448 e. The first kappa shape index (κ1) is 33.6. The summed E-state index contributed by atoms with van der Waals surface area (Å²) < 4.78 is 12.3. The van der Waals surface area contributed by atoms with Crippen LogP contribution in [0.15, 0.2) is 102 Å². The number of carbonyl (C=O) groups excluding carboxylic acids is 3. The highest BCUT2D eigenvalue weighted by molar-refractivity contribution is 8.00. The second-order valence-corrected chi connectivity index (χ2v) is 13.3. The van der Waals surface area contributed by atoms with Crippen LogP contribution in [0.5, 0.6) is 0 Å². The molecule has 49 heavy (non-hydrogen) atoms. The van der Waals surface area contributed by atoms with Crippen LogP contribution in [0.2, 0.25) is 0 Å². The lowest BCUT2D eigenvalue weighted by atomic mass is 10.0. The summed E-state index contributed by atoms with van der Waals surface area (Å²) in [5.74, 6) is -1.39. The summed E-state index contributed by atoms with van der Waals surface area (Å²) in [6.45, 7) is 2.26. The zero-order valence-corrected chi connectivity index (χ0v) is 28.7. The Kier molecular flexibility index (Phi) is 10.2. The minimum absolute atomic E-state index is 0.00957. The van der Waals surface area contributed by atoms with Crippen LogP contribution in [-0.2, 0) is 30.5 Å². The van der Waals surface area contributed by atoms with Crippen molar-refractivity contribution < 1.29 is 28.5 Å². The number of hydrogen-bond donors (Lipinski definition) is 2. The number of nitrogens with one attached hydrogen (secondary N) is 1. The van der Waals surface area contributed by atoms with Crippen molar-refractivity contribution in [2.75, 3.05) is 37.1 Å². The van der Waals surface area contributed by atoms with Crippen molar-refractivity contribution in [3.05, 3.63) is 113 Å².